The lowest BCUT2D eigenvalue weighted by Gasteiger charge is -2.17. The molecule has 0 aromatic heterocycles. The number of unbranched alkanes of at least 4 members (excludes halogenated alkanes) is 19. The van der Waals surface area contributed by atoms with E-state index in [0.29, 0.717) is 0 Å². The van der Waals surface area contributed by atoms with E-state index in [1.54, 1.807) is 0 Å². The van der Waals surface area contributed by atoms with Crippen molar-refractivity contribution < 1.29 is 10.2 Å². The maximum absolute atomic E-state index is 10.0. The molecule has 0 aliphatic carbocycles. The molecule has 0 aromatic carbocycles. The van der Waals surface area contributed by atoms with Crippen molar-refractivity contribution in [2.24, 2.45) is 0 Å². The maximum Gasteiger partial charge on any atom is 0.0799 e. The van der Waals surface area contributed by atoms with Crippen molar-refractivity contribution in [3.8, 4) is 0 Å². The smallest absolute Gasteiger partial charge is 0.0799 e. The first-order chi connectivity index (χ1) is 14.2. The van der Waals surface area contributed by atoms with Crippen molar-refractivity contribution >= 4 is 0 Å². The Hall–Kier alpha value is -0.0800. The molecule has 2 N–H and O–H groups in total. The van der Waals surface area contributed by atoms with E-state index in [1.165, 1.54) is 122 Å². The second-order valence-corrected chi connectivity index (χ2v) is 9.43. The quantitative estimate of drug-likeness (QED) is 0.156. The van der Waals surface area contributed by atoms with Crippen molar-refractivity contribution in [2.75, 3.05) is 0 Å². The molecule has 2 nitrogen and oxygen atoms in total. The average molecular weight is 413 g/mol. The van der Waals surface area contributed by atoms with E-state index in [2.05, 4.69) is 13.8 Å². The highest BCUT2D eigenvalue weighted by Gasteiger charge is 2.14. The Morgan fingerprint density at radius 1 is 0.345 bits per heavy atom. The zero-order chi connectivity index (χ0) is 21.4. The molecule has 0 bridgehead atoms. The van der Waals surface area contributed by atoms with Crippen LogP contribution in [0.25, 0.3) is 0 Å². The highest BCUT2D eigenvalue weighted by atomic mass is 16.3. The second kappa shape index (κ2) is 24.2. The molecule has 2 heteroatoms. The third kappa shape index (κ3) is 22.4. The molecule has 0 aromatic rings. The van der Waals surface area contributed by atoms with Gasteiger partial charge in [0.05, 0.1) is 12.2 Å². The number of aliphatic hydroxyl groups is 2. The normalized spacial score (nSPS) is 13.7. The van der Waals surface area contributed by atoms with Crippen molar-refractivity contribution in [3.05, 3.63) is 0 Å². The van der Waals surface area contributed by atoms with Gasteiger partial charge < -0.3 is 10.2 Å². The van der Waals surface area contributed by atoms with Crippen LogP contribution in [0.4, 0.5) is 0 Å². The summed E-state index contributed by atoms with van der Waals surface area (Å²) in [5.41, 5.74) is 0. The first kappa shape index (κ1) is 28.9. The molecular weight excluding hydrogens is 356 g/mol. The summed E-state index contributed by atoms with van der Waals surface area (Å²) in [4.78, 5) is 0. The fourth-order valence-electron chi connectivity index (χ4n) is 4.24. The zero-order valence-electron chi connectivity index (χ0n) is 20.3. The molecule has 176 valence electrons. The molecule has 0 spiro atoms. The van der Waals surface area contributed by atoms with Crippen molar-refractivity contribution in [1.82, 2.24) is 0 Å². The Labute approximate surface area is 184 Å². The topological polar surface area (TPSA) is 40.5 Å². The summed E-state index contributed by atoms with van der Waals surface area (Å²) in [6.07, 6.45) is 28.6. The van der Waals surface area contributed by atoms with E-state index in [0.717, 1.165) is 25.7 Å². The predicted molar refractivity (Wildman–Crippen MR) is 130 cm³/mol. The molecule has 0 aliphatic heterocycles. The third-order valence-corrected chi connectivity index (χ3v) is 6.40. The van der Waals surface area contributed by atoms with E-state index in [1.807, 2.05) is 0 Å². The monoisotopic (exact) mass is 412 g/mol. The minimum Gasteiger partial charge on any atom is -0.390 e. The van der Waals surface area contributed by atoms with Gasteiger partial charge in [0, 0.05) is 0 Å². The van der Waals surface area contributed by atoms with Crippen LogP contribution in [0.15, 0.2) is 0 Å². The van der Waals surface area contributed by atoms with Gasteiger partial charge in [0.2, 0.25) is 0 Å². The van der Waals surface area contributed by atoms with Crippen LogP contribution in [-0.2, 0) is 0 Å². The molecule has 0 amide bonds. The molecule has 0 aliphatic rings. The van der Waals surface area contributed by atoms with Gasteiger partial charge in [-0.3, -0.25) is 0 Å². The van der Waals surface area contributed by atoms with Crippen LogP contribution in [0.2, 0.25) is 0 Å². The highest BCUT2D eigenvalue weighted by molar-refractivity contribution is 4.67. The molecule has 2 atom stereocenters. The highest BCUT2D eigenvalue weighted by Crippen LogP contribution is 2.16. The van der Waals surface area contributed by atoms with Crippen LogP contribution in [0.3, 0.4) is 0 Å². The molecule has 0 saturated heterocycles. The van der Waals surface area contributed by atoms with Crippen LogP contribution in [-0.4, -0.2) is 22.4 Å². The fourth-order valence-corrected chi connectivity index (χ4v) is 4.24. The Bertz CT molecular complexity index is 292. The van der Waals surface area contributed by atoms with Gasteiger partial charge in [-0.15, -0.1) is 0 Å². The number of hydrogen-bond acceptors (Lipinski definition) is 2. The summed E-state index contributed by atoms with van der Waals surface area (Å²) in [5.74, 6) is 0. The summed E-state index contributed by atoms with van der Waals surface area (Å²) in [6, 6.07) is 0. The SMILES string of the molecule is CCCCCCCCCCCCCCCCCCCC(O)C(O)CCCCCC. The first-order valence-electron chi connectivity index (χ1n) is 13.6. The van der Waals surface area contributed by atoms with E-state index >= 15 is 0 Å². The van der Waals surface area contributed by atoms with Gasteiger partial charge in [-0.1, -0.05) is 149 Å². The number of hydrogen-bond donors (Lipinski definition) is 2. The van der Waals surface area contributed by atoms with E-state index < -0.39 is 12.2 Å². The summed E-state index contributed by atoms with van der Waals surface area (Å²) < 4.78 is 0. The third-order valence-electron chi connectivity index (χ3n) is 6.40. The summed E-state index contributed by atoms with van der Waals surface area (Å²) in [6.45, 7) is 4.48. The Kier molecular flexibility index (Phi) is 24.1. The van der Waals surface area contributed by atoms with Crippen LogP contribution in [0, 0.1) is 0 Å². The Balaban J connectivity index is 3.19. The van der Waals surface area contributed by atoms with Crippen molar-refractivity contribution in [1.29, 1.82) is 0 Å². The predicted octanol–water partition coefficient (Wildman–Crippen LogP) is 8.72. The molecule has 2 unspecified atom stereocenters. The standard InChI is InChI=1S/C27H56O2/c1-3-5-7-9-10-11-12-13-14-15-16-17-18-19-20-21-23-25-27(29)26(28)24-22-8-6-4-2/h26-29H,3-25H2,1-2H3. The van der Waals surface area contributed by atoms with Gasteiger partial charge in [-0.05, 0) is 12.8 Å². The van der Waals surface area contributed by atoms with Gasteiger partial charge in [0.1, 0.15) is 0 Å². The van der Waals surface area contributed by atoms with E-state index in [-0.39, 0.29) is 0 Å². The molecule has 0 heterocycles. The van der Waals surface area contributed by atoms with Crippen LogP contribution in [0.1, 0.15) is 162 Å². The Morgan fingerprint density at radius 3 is 0.828 bits per heavy atom. The molecular formula is C27H56O2. The van der Waals surface area contributed by atoms with Crippen LogP contribution < -0.4 is 0 Å². The van der Waals surface area contributed by atoms with Gasteiger partial charge >= 0.3 is 0 Å². The lowest BCUT2D eigenvalue weighted by Crippen LogP contribution is -2.25. The molecule has 0 radical (unpaired) electrons. The minimum atomic E-state index is -0.507. The largest absolute Gasteiger partial charge is 0.390 e. The maximum atomic E-state index is 10.0. The second-order valence-electron chi connectivity index (χ2n) is 9.43. The number of aliphatic hydroxyl groups excluding tert-OH is 2. The Morgan fingerprint density at radius 2 is 0.552 bits per heavy atom. The molecule has 0 saturated carbocycles. The van der Waals surface area contributed by atoms with Crippen LogP contribution >= 0.6 is 0 Å². The van der Waals surface area contributed by atoms with E-state index in [9.17, 15) is 10.2 Å². The van der Waals surface area contributed by atoms with Gasteiger partial charge in [-0.2, -0.15) is 0 Å². The minimum absolute atomic E-state index is 0.507. The van der Waals surface area contributed by atoms with Gasteiger partial charge in [-0.25, -0.2) is 0 Å². The van der Waals surface area contributed by atoms with Crippen molar-refractivity contribution in [2.45, 2.75) is 174 Å². The zero-order valence-corrected chi connectivity index (χ0v) is 20.3. The lowest BCUT2D eigenvalue weighted by molar-refractivity contribution is 0.00713. The first-order valence-corrected chi connectivity index (χ1v) is 13.6. The van der Waals surface area contributed by atoms with Crippen molar-refractivity contribution in [3.63, 3.8) is 0 Å². The molecule has 0 rings (SSSR count). The number of rotatable bonds is 24. The average Bonchev–Trinajstić information content (AvgIpc) is 2.73. The van der Waals surface area contributed by atoms with Gasteiger partial charge in [0.25, 0.3) is 0 Å². The summed E-state index contributed by atoms with van der Waals surface area (Å²) >= 11 is 0. The summed E-state index contributed by atoms with van der Waals surface area (Å²) in [5, 5.41) is 20.1. The fraction of sp³-hybridized carbons (Fsp3) is 1.00. The molecule has 0 fully saturated rings. The molecule has 29 heavy (non-hydrogen) atoms. The van der Waals surface area contributed by atoms with E-state index in [4.69, 9.17) is 0 Å². The van der Waals surface area contributed by atoms with Crippen LogP contribution in [0.5, 0.6) is 0 Å². The lowest BCUT2D eigenvalue weighted by atomic mass is 9.99. The van der Waals surface area contributed by atoms with Gasteiger partial charge in [0.15, 0.2) is 0 Å². The summed E-state index contributed by atoms with van der Waals surface area (Å²) in [7, 11) is 0.